The maximum atomic E-state index is 12.2. The second-order valence-electron chi connectivity index (χ2n) is 3.83. The predicted octanol–water partition coefficient (Wildman–Crippen LogP) is 1.05. The van der Waals surface area contributed by atoms with Gasteiger partial charge in [-0.25, -0.2) is 13.2 Å². The van der Waals surface area contributed by atoms with Crippen LogP contribution in [0.1, 0.15) is 15.9 Å². The van der Waals surface area contributed by atoms with Crippen molar-refractivity contribution < 1.29 is 23.4 Å². The molecular formula is C10H9N3O5S2. The number of rotatable bonds is 4. The average molecular weight is 315 g/mol. The quantitative estimate of drug-likeness (QED) is 0.768. The fraction of sp³-hybridized carbons (Fsp3) is 0.100. The molecule has 20 heavy (non-hydrogen) atoms. The summed E-state index contributed by atoms with van der Waals surface area (Å²) in [5.41, 5.74) is -0.268. The summed E-state index contributed by atoms with van der Waals surface area (Å²) in [7, 11) is -3.98. The van der Waals surface area contributed by atoms with Gasteiger partial charge in [-0.15, -0.1) is 5.10 Å². The summed E-state index contributed by atoms with van der Waals surface area (Å²) < 4.78 is 30.1. The molecule has 1 aromatic carbocycles. The van der Waals surface area contributed by atoms with Gasteiger partial charge in [0.05, 0.1) is 11.1 Å². The molecule has 0 bridgehead atoms. The van der Waals surface area contributed by atoms with Crippen molar-refractivity contribution in [1.82, 2.24) is 9.59 Å². The Balaban J connectivity index is 2.51. The minimum atomic E-state index is -3.98. The van der Waals surface area contributed by atoms with Crippen LogP contribution in [0.25, 0.3) is 0 Å². The van der Waals surface area contributed by atoms with Crippen molar-refractivity contribution >= 4 is 32.5 Å². The van der Waals surface area contributed by atoms with E-state index in [-0.39, 0.29) is 15.5 Å². The van der Waals surface area contributed by atoms with Gasteiger partial charge >= 0.3 is 5.97 Å². The lowest BCUT2D eigenvalue weighted by Gasteiger charge is -2.10. The Morgan fingerprint density at radius 1 is 1.40 bits per heavy atom. The van der Waals surface area contributed by atoms with Crippen LogP contribution in [0.4, 0.5) is 5.00 Å². The zero-order chi connectivity index (χ0) is 14.9. The summed E-state index contributed by atoms with van der Waals surface area (Å²) in [6, 6.07) is 1.99. The van der Waals surface area contributed by atoms with Crippen LogP contribution in [0, 0.1) is 6.92 Å². The summed E-state index contributed by atoms with van der Waals surface area (Å²) in [5, 5.41) is 22.1. The van der Waals surface area contributed by atoms with Gasteiger partial charge in [-0.05, 0) is 24.6 Å². The maximum Gasteiger partial charge on any atom is 0.339 e. The highest BCUT2D eigenvalue weighted by atomic mass is 32.2. The second-order valence-corrected chi connectivity index (χ2v) is 6.26. The predicted molar refractivity (Wildman–Crippen MR) is 70.5 cm³/mol. The molecule has 0 saturated heterocycles. The molecule has 0 fully saturated rings. The normalized spacial score (nSPS) is 11.2. The van der Waals surface area contributed by atoms with Gasteiger partial charge in [-0.3, -0.25) is 4.72 Å². The van der Waals surface area contributed by atoms with Gasteiger partial charge in [0, 0.05) is 11.5 Å². The molecule has 10 heteroatoms. The van der Waals surface area contributed by atoms with Gasteiger partial charge in [0.1, 0.15) is 16.3 Å². The van der Waals surface area contributed by atoms with E-state index in [4.69, 9.17) is 5.11 Å². The monoisotopic (exact) mass is 315 g/mol. The number of anilines is 1. The second kappa shape index (κ2) is 5.06. The standard InChI is InChI=1S/C10H9N3O5S2/c1-5-2-7(14)6(10(15)16)3-8(5)20(17,18)12-9-4-11-13-19-9/h2-4,12,14H,1H3,(H,15,16). The van der Waals surface area contributed by atoms with E-state index in [9.17, 15) is 18.3 Å². The highest BCUT2D eigenvalue weighted by Crippen LogP contribution is 2.27. The summed E-state index contributed by atoms with van der Waals surface area (Å²) >= 11 is 0.847. The number of carboxylic acid groups (broad SMARTS) is 1. The molecular weight excluding hydrogens is 306 g/mol. The number of aromatic nitrogens is 2. The third kappa shape index (κ3) is 2.70. The highest BCUT2D eigenvalue weighted by molar-refractivity contribution is 7.93. The number of aryl methyl sites for hydroxylation is 1. The van der Waals surface area contributed by atoms with Gasteiger partial charge in [-0.1, -0.05) is 4.49 Å². The molecule has 8 nitrogen and oxygen atoms in total. The largest absolute Gasteiger partial charge is 0.507 e. The fourth-order valence-corrected chi connectivity index (χ4v) is 3.47. The van der Waals surface area contributed by atoms with Crippen LogP contribution in [0.3, 0.4) is 0 Å². The van der Waals surface area contributed by atoms with E-state index in [0.717, 1.165) is 23.7 Å². The van der Waals surface area contributed by atoms with E-state index in [2.05, 4.69) is 14.3 Å². The molecule has 3 N–H and O–H groups in total. The number of nitrogens with one attached hydrogen (secondary N) is 1. The van der Waals surface area contributed by atoms with Gasteiger partial charge in [0.25, 0.3) is 10.0 Å². The summed E-state index contributed by atoms with van der Waals surface area (Å²) in [6.07, 6.45) is 1.23. The van der Waals surface area contributed by atoms with Crippen molar-refractivity contribution in [3.63, 3.8) is 0 Å². The Kier molecular flexibility index (Phi) is 3.59. The van der Waals surface area contributed by atoms with Gasteiger partial charge in [-0.2, -0.15) is 0 Å². The number of sulfonamides is 1. The third-order valence-electron chi connectivity index (χ3n) is 2.41. The first-order valence-electron chi connectivity index (χ1n) is 5.18. The molecule has 0 aliphatic heterocycles. The number of carbonyl (C=O) groups is 1. The molecule has 0 amide bonds. The lowest BCUT2D eigenvalue weighted by Crippen LogP contribution is -2.14. The third-order valence-corrected chi connectivity index (χ3v) is 4.63. The van der Waals surface area contributed by atoms with E-state index in [1.54, 1.807) is 0 Å². The molecule has 0 spiro atoms. The molecule has 0 unspecified atom stereocenters. The summed E-state index contributed by atoms with van der Waals surface area (Å²) in [4.78, 5) is 10.7. The molecule has 0 saturated carbocycles. The lowest BCUT2D eigenvalue weighted by atomic mass is 10.1. The Labute approximate surface area is 117 Å². The average Bonchev–Trinajstić information content (AvgIpc) is 2.79. The molecule has 0 radical (unpaired) electrons. The minimum Gasteiger partial charge on any atom is -0.507 e. The number of phenols is 1. The molecule has 1 heterocycles. The van der Waals surface area contributed by atoms with E-state index in [0.29, 0.717) is 0 Å². The van der Waals surface area contributed by atoms with Crippen molar-refractivity contribution in [2.75, 3.05) is 4.72 Å². The first kappa shape index (κ1) is 14.2. The van der Waals surface area contributed by atoms with Crippen molar-refractivity contribution in [2.24, 2.45) is 0 Å². The lowest BCUT2D eigenvalue weighted by molar-refractivity contribution is 0.0693. The molecule has 0 atom stereocenters. The summed E-state index contributed by atoms with van der Waals surface area (Å²) in [5.74, 6) is -1.91. The number of nitrogens with zero attached hydrogens (tertiary/aromatic N) is 2. The van der Waals surface area contributed by atoms with Crippen molar-refractivity contribution in [3.05, 3.63) is 29.5 Å². The Morgan fingerprint density at radius 2 is 2.10 bits per heavy atom. The molecule has 0 aliphatic rings. The van der Waals surface area contributed by atoms with Crippen LogP contribution in [0.5, 0.6) is 5.75 Å². The molecule has 0 aliphatic carbocycles. The van der Waals surface area contributed by atoms with Crippen LogP contribution < -0.4 is 4.72 Å². The van der Waals surface area contributed by atoms with Gasteiger partial charge in [0.2, 0.25) is 0 Å². The first-order chi connectivity index (χ1) is 9.31. The van der Waals surface area contributed by atoms with Crippen LogP contribution in [-0.2, 0) is 10.0 Å². The maximum absolute atomic E-state index is 12.2. The molecule has 106 valence electrons. The zero-order valence-corrected chi connectivity index (χ0v) is 11.7. The Hall–Kier alpha value is -2.20. The van der Waals surface area contributed by atoms with E-state index < -0.39 is 27.3 Å². The topological polar surface area (TPSA) is 129 Å². The zero-order valence-electron chi connectivity index (χ0n) is 10.1. The Morgan fingerprint density at radius 3 is 2.65 bits per heavy atom. The van der Waals surface area contributed by atoms with E-state index >= 15 is 0 Å². The number of benzene rings is 1. The molecule has 1 aromatic heterocycles. The van der Waals surface area contributed by atoms with Gasteiger partial charge in [0.15, 0.2) is 0 Å². The van der Waals surface area contributed by atoms with Crippen LogP contribution in [-0.4, -0.2) is 34.2 Å². The number of hydrogen-bond donors (Lipinski definition) is 3. The van der Waals surface area contributed by atoms with E-state index in [1.807, 2.05) is 0 Å². The summed E-state index contributed by atoms with van der Waals surface area (Å²) in [6.45, 7) is 1.45. The first-order valence-corrected chi connectivity index (χ1v) is 7.44. The minimum absolute atomic E-state index is 0.203. The van der Waals surface area contributed by atoms with Crippen LogP contribution in [0.2, 0.25) is 0 Å². The van der Waals surface area contributed by atoms with Crippen LogP contribution in [0.15, 0.2) is 23.2 Å². The smallest absolute Gasteiger partial charge is 0.339 e. The number of carboxylic acids is 1. The number of aromatic carboxylic acids is 1. The SMILES string of the molecule is Cc1cc(O)c(C(=O)O)cc1S(=O)(=O)Nc1cnns1. The van der Waals surface area contributed by atoms with Crippen LogP contribution >= 0.6 is 11.5 Å². The fourth-order valence-electron chi connectivity index (χ4n) is 1.53. The number of aromatic hydroxyl groups is 1. The van der Waals surface area contributed by atoms with E-state index in [1.165, 1.54) is 13.1 Å². The number of hydrogen-bond acceptors (Lipinski definition) is 7. The van der Waals surface area contributed by atoms with Crippen molar-refractivity contribution in [1.29, 1.82) is 0 Å². The van der Waals surface area contributed by atoms with Crippen molar-refractivity contribution in [2.45, 2.75) is 11.8 Å². The Bertz CT molecular complexity index is 755. The molecule has 2 aromatic rings. The highest BCUT2D eigenvalue weighted by Gasteiger charge is 2.22. The van der Waals surface area contributed by atoms with Crippen molar-refractivity contribution in [3.8, 4) is 5.75 Å². The molecule has 2 rings (SSSR count). The van der Waals surface area contributed by atoms with Gasteiger partial charge < -0.3 is 10.2 Å².